The van der Waals surface area contributed by atoms with Crippen LogP contribution in [0.25, 0.3) is 0 Å². The third-order valence-corrected chi connectivity index (χ3v) is 4.87. The molecule has 1 unspecified atom stereocenters. The van der Waals surface area contributed by atoms with Crippen molar-refractivity contribution < 1.29 is 19.1 Å². The first-order valence-corrected chi connectivity index (χ1v) is 8.99. The quantitative estimate of drug-likeness (QED) is 0.763. The number of urea groups is 1. The van der Waals surface area contributed by atoms with E-state index >= 15 is 0 Å². The van der Waals surface area contributed by atoms with Crippen LogP contribution in [-0.4, -0.2) is 18.7 Å². The second-order valence-electron chi connectivity index (χ2n) is 6.96. The van der Waals surface area contributed by atoms with Gasteiger partial charge in [0, 0.05) is 11.4 Å². The summed E-state index contributed by atoms with van der Waals surface area (Å²) in [4.78, 5) is 25.2. The molecule has 144 valence electrons. The van der Waals surface area contributed by atoms with Crippen LogP contribution in [0.4, 0.5) is 10.5 Å². The van der Waals surface area contributed by atoms with Crippen molar-refractivity contribution in [2.24, 2.45) is 0 Å². The Kier molecular flexibility index (Phi) is 4.43. The molecule has 2 aliphatic rings. The molecule has 4 rings (SSSR count). The van der Waals surface area contributed by atoms with Gasteiger partial charge < -0.3 is 25.4 Å². The van der Waals surface area contributed by atoms with Crippen molar-refractivity contribution in [1.29, 1.82) is 0 Å². The summed E-state index contributed by atoms with van der Waals surface area (Å²) in [6, 6.07) is 10.3. The van der Waals surface area contributed by atoms with Crippen LogP contribution in [0.15, 0.2) is 47.7 Å². The average molecular weight is 379 g/mol. The maximum atomic E-state index is 13.1. The van der Waals surface area contributed by atoms with Gasteiger partial charge >= 0.3 is 6.03 Å². The fourth-order valence-corrected chi connectivity index (χ4v) is 3.48. The first-order chi connectivity index (χ1) is 13.4. The lowest BCUT2D eigenvalue weighted by molar-refractivity contribution is -0.113. The number of hydrogen-bond acceptors (Lipinski definition) is 4. The van der Waals surface area contributed by atoms with Crippen LogP contribution in [0.3, 0.4) is 0 Å². The van der Waals surface area contributed by atoms with Crippen molar-refractivity contribution in [3.05, 3.63) is 64.4 Å². The SMILES string of the molecule is CC1=C(C(=O)Nc2ccc(C)cc2C)C(c2ccc3c(c2)OCO3)NC(=O)N1. The number of carbonyl (C=O) groups excluding carboxylic acids is 2. The van der Waals surface area contributed by atoms with Gasteiger partial charge in [-0.1, -0.05) is 23.8 Å². The predicted octanol–water partition coefficient (Wildman–Crippen LogP) is 3.30. The van der Waals surface area contributed by atoms with E-state index in [0.29, 0.717) is 22.8 Å². The van der Waals surface area contributed by atoms with Crippen molar-refractivity contribution in [1.82, 2.24) is 10.6 Å². The molecule has 0 aliphatic carbocycles. The number of fused-ring (bicyclic) bond motifs is 1. The molecule has 28 heavy (non-hydrogen) atoms. The molecule has 0 spiro atoms. The largest absolute Gasteiger partial charge is 0.454 e. The summed E-state index contributed by atoms with van der Waals surface area (Å²) in [5.74, 6) is 0.961. The van der Waals surface area contributed by atoms with Crippen molar-refractivity contribution >= 4 is 17.6 Å². The topological polar surface area (TPSA) is 88.7 Å². The van der Waals surface area contributed by atoms with Gasteiger partial charge in [0.25, 0.3) is 5.91 Å². The number of allylic oxidation sites excluding steroid dienone is 1. The van der Waals surface area contributed by atoms with Gasteiger partial charge in [0.2, 0.25) is 6.79 Å². The molecule has 0 bridgehead atoms. The highest BCUT2D eigenvalue weighted by Crippen LogP contribution is 2.37. The minimum atomic E-state index is -0.603. The van der Waals surface area contributed by atoms with Crippen molar-refractivity contribution in [3.63, 3.8) is 0 Å². The molecule has 1 atom stereocenters. The Morgan fingerprint density at radius 1 is 1.07 bits per heavy atom. The van der Waals surface area contributed by atoms with Gasteiger partial charge in [-0.05, 0) is 50.1 Å². The van der Waals surface area contributed by atoms with Crippen molar-refractivity contribution in [2.75, 3.05) is 12.1 Å². The molecular formula is C21H21N3O4. The molecule has 0 fully saturated rings. The zero-order valence-electron chi connectivity index (χ0n) is 15.9. The molecule has 3 amide bonds. The van der Waals surface area contributed by atoms with Gasteiger partial charge in [-0.3, -0.25) is 4.79 Å². The first-order valence-electron chi connectivity index (χ1n) is 8.99. The molecule has 2 aliphatic heterocycles. The standard InChI is InChI=1S/C21H21N3O4/c1-11-4-6-15(12(2)8-11)23-20(25)18-13(3)22-21(26)24-19(18)14-5-7-16-17(9-14)28-10-27-16/h4-9,19H,10H2,1-3H3,(H,23,25)(H2,22,24,26). The normalized spacial score (nSPS) is 17.8. The fraction of sp³-hybridized carbons (Fsp3) is 0.238. The Labute approximate surface area is 162 Å². The van der Waals surface area contributed by atoms with Crippen LogP contribution in [0, 0.1) is 13.8 Å². The van der Waals surface area contributed by atoms with Gasteiger partial charge in [0.15, 0.2) is 11.5 Å². The number of anilines is 1. The smallest absolute Gasteiger partial charge is 0.319 e. The highest BCUT2D eigenvalue weighted by Gasteiger charge is 2.32. The van der Waals surface area contributed by atoms with Crippen LogP contribution in [0.2, 0.25) is 0 Å². The molecule has 7 nitrogen and oxygen atoms in total. The number of carbonyl (C=O) groups is 2. The van der Waals surface area contributed by atoms with Crippen LogP contribution in [0.5, 0.6) is 11.5 Å². The Balaban J connectivity index is 1.68. The minimum absolute atomic E-state index is 0.159. The van der Waals surface area contributed by atoms with Gasteiger partial charge in [-0.2, -0.15) is 0 Å². The third kappa shape index (κ3) is 3.26. The summed E-state index contributed by atoms with van der Waals surface area (Å²) >= 11 is 0. The molecule has 0 aromatic heterocycles. The minimum Gasteiger partial charge on any atom is -0.454 e. The number of rotatable bonds is 3. The Bertz CT molecular complexity index is 1010. The fourth-order valence-electron chi connectivity index (χ4n) is 3.48. The van der Waals surface area contributed by atoms with E-state index in [4.69, 9.17) is 9.47 Å². The van der Waals surface area contributed by atoms with Crippen molar-refractivity contribution in [2.45, 2.75) is 26.8 Å². The lowest BCUT2D eigenvalue weighted by Crippen LogP contribution is -2.46. The summed E-state index contributed by atoms with van der Waals surface area (Å²) in [6.45, 7) is 5.82. The first kappa shape index (κ1) is 17.9. The number of amides is 3. The maximum absolute atomic E-state index is 13.1. The molecule has 2 aromatic carbocycles. The number of benzene rings is 2. The average Bonchev–Trinajstić information content (AvgIpc) is 3.11. The molecule has 2 aromatic rings. The van der Waals surface area contributed by atoms with Gasteiger partial charge in [0.05, 0.1) is 11.6 Å². The third-order valence-electron chi connectivity index (χ3n) is 4.87. The predicted molar refractivity (Wildman–Crippen MR) is 104 cm³/mol. The Morgan fingerprint density at radius 2 is 1.86 bits per heavy atom. The van der Waals surface area contributed by atoms with E-state index in [2.05, 4.69) is 16.0 Å². The number of hydrogen-bond donors (Lipinski definition) is 3. The van der Waals surface area contributed by atoms with E-state index in [-0.39, 0.29) is 18.7 Å². The summed E-state index contributed by atoms with van der Waals surface area (Å²) < 4.78 is 10.8. The summed E-state index contributed by atoms with van der Waals surface area (Å²) in [5.41, 5.74) is 4.52. The van der Waals surface area contributed by atoms with E-state index in [1.54, 1.807) is 19.1 Å². The molecule has 7 heteroatoms. The zero-order valence-corrected chi connectivity index (χ0v) is 15.9. The van der Waals surface area contributed by atoms with Crippen LogP contribution in [0.1, 0.15) is 29.7 Å². The zero-order chi connectivity index (χ0) is 19.8. The van der Waals surface area contributed by atoms with Gasteiger partial charge in [-0.25, -0.2) is 4.79 Å². The maximum Gasteiger partial charge on any atom is 0.319 e. The monoisotopic (exact) mass is 379 g/mol. The molecular weight excluding hydrogens is 358 g/mol. The highest BCUT2D eigenvalue weighted by molar-refractivity contribution is 6.07. The summed E-state index contributed by atoms with van der Waals surface area (Å²) in [7, 11) is 0. The van der Waals surface area contributed by atoms with Gasteiger partial charge in [-0.15, -0.1) is 0 Å². The number of ether oxygens (including phenoxy) is 2. The van der Waals surface area contributed by atoms with E-state index in [1.807, 2.05) is 38.1 Å². The Hall–Kier alpha value is -3.48. The molecule has 3 N–H and O–H groups in total. The Morgan fingerprint density at radius 3 is 2.64 bits per heavy atom. The van der Waals surface area contributed by atoms with Crippen molar-refractivity contribution in [3.8, 4) is 11.5 Å². The van der Waals surface area contributed by atoms with E-state index < -0.39 is 6.04 Å². The summed E-state index contributed by atoms with van der Waals surface area (Å²) in [6.07, 6.45) is 0. The van der Waals surface area contributed by atoms with Crippen LogP contribution < -0.4 is 25.4 Å². The van der Waals surface area contributed by atoms with E-state index in [0.717, 1.165) is 22.4 Å². The molecule has 0 saturated carbocycles. The number of aryl methyl sites for hydroxylation is 2. The second kappa shape index (κ2) is 6.92. The van der Waals surface area contributed by atoms with Gasteiger partial charge in [0.1, 0.15) is 0 Å². The van der Waals surface area contributed by atoms with E-state index in [9.17, 15) is 9.59 Å². The lowest BCUT2D eigenvalue weighted by Gasteiger charge is -2.29. The highest BCUT2D eigenvalue weighted by atomic mass is 16.7. The van der Waals surface area contributed by atoms with E-state index in [1.165, 1.54) is 0 Å². The number of nitrogens with one attached hydrogen (secondary N) is 3. The summed E-state index contributed by atoms with van der Waals surface area (Å²) in [5, 5.41) is 8.47. The second-order valence-corrected chi connectivity index (χ2v) is 6.96. The molecule has 0 radical (unpaired) electrons. The molecule has 0 saturated heterocycles. The van der Waals surface area contributed by atoms with Crippen LogP contribution in [-0.2, 0) is 4.79 Å². The molecule has 2 heterocycles. The van der Waals surface area contributed by atoms with Crippen LogP contribution >= 0.6 is 0 Å². The lowest BCUT2D eigenvalue weighted by atomic mass is 9.94.